The van der Waals surface area contributed by atoms with Gasteiger partial charge in [-0.1, -0.05) is 11.8 Å². The molecule has 1 aromatic carbocycles. The van der Waals surface area contributed by atoms with Gasteiger partial charge >= 0.3 is 6.09 Å². The summed E-state index contributed by atoms with van der Waals surface area (Å²) in [6.45, 7) is 5.39. The summed E-state index contributed by atoms with van der Waals surface area (Å²) in [5.74, 6) is -0.281. The molecule has 0 spiro atoms. The molecule has 2 aliphatic heterocycles. The van der Waals surface area contributed by atoms with Crippen molar-refractivity contribution in [2.45, 2.75) is 44.1 Å². The summed E-state index contributed by atoms with van der Waals surface area (Å²) in [6, 6.07) is 7.45. The second-order valence-corrected chi connectivity index (χ2v) is 12.4. The van der Waals surface area contributed by atoms with Crippen molar-refractivity contribution in [1.29, 1.82) is 0 Å². The van der Waals surface area contributed by atoms with Crippen LogP contribution in [0.5, 0.6) is 0 Å². The van der Waals surface area contributed by atoms with E-state index in [1.54, 1.807) is 20.8 Å². The van der Waals surface area contributed by atoms with Crippen LogP contribution in [0.15, 0.2) is 29.3 Å². The predicted molar refractivity (Wildman–Crippen MR) is 128 cm³/mol. The maximum absolute atomic E-state index is 12.5. The van der Waals surface area contributed by atoms with E-state index < -0.39 is 21.5 Å². The van der Waals surface area contributed by atoms with Crippen molar-refractivity contribution in [3.8, 4) is 0 Å². The number of nitrogens with zero attached hydrogens (tertiary/aromatic N) is 3. The standard InChI is InChI=1S/C21H30N4O5S2/c1-21(2,3)30-20(27)22-11-10-18(26)23-19-25(15-8-6-14(7-9-15)24(4)5)16-12-32(28,29)13-17(16)31-19/h6-9,16-17H,10-13H2,1-5H3,(H,22,27)/t16-,17-/m0/s1. The third-order valence-corrected chi connectivity index (χ3v) is 8.15. The van der Waals surface area contributed by atoms with E-state index in [1.165, 1.54) is 11.8 Å². The van der Waals surface area contributed by atoms with E-state index in [0.717, 1.165) is 11.4 Å². The summed E-state index contributed by atoms with van der Waals surface area (Å²) in [5.41, 5.74) is 1.19. The fraction of sp³-hybridized carbons (Fsp3) is 0.571. The second-order valence-electron chi connectivity index (χ2n) is 9.05. The Morgan fingerprint density at radius 2 is 1.88 bits per heavy atom. The number of fused-ring (bicyclic) bond motifs is 1. The zero-order valence-electron chi connectivity index (χ0n) is 19.0. The van der Waals surface area contributed by atoms with Crippen molar-refractivity contribution in [2.75, 3.05) is 41.9 Å². The number of alkyl carbamates (subject to hydrolysis) is 1. The van der Waals surface area contributed by atoms with Gasteiger partial charge in [-0.15, -0.1) is 0 Å². The molecule has 32 heavy (non-hydrogen) atoms. The van der Waals surface area contributed by atoms with E-state index in [1.807, 2.05) is 48.2 Å². The van der Waals surface area contributed by atoms with Gasteiger partial charge in [0.1, 0.15) is 5.60 Å². The Labute approximate surface area is 193 Å². The summed E-state index contributed by atoms with van der Waals surface area (Å²) in [7, 11) is 0.753. The van der Waals surface area contributed by atoms with Crippen LogP contribution in [0.1, 0.15) is 27.2 Å². The van der Waals surface area contributed by atoms with Gasteiger partial charge in [-0.2, -0.15) is 4.99 Å². The average Bonchev–Trinajstić information content (AvgIpc) is 3.10. The zero-order valence-corrected chi connectivity index (χ0v) is 20.6. The Balaban J connectivity index is 1.73. The van der Waals surface area contributed by atoms with Crippen LogP contribution in [0.3, 0.4) is 0 Å². The Morgan fingerprint density at radius 1 is 1.22 bits per heavy atom. The molecule has 0 bridgehead atoms. The molecule has 176 valence electrons. The molecule has 2 atom stereocenters. The minimum absolute atomic E-state index is 0.0182. The van der Waals surface area contributed by atoms with Gasteiger partial charge in [0, 0.05) is 43.7 Å². The number of thioether (sulfide) groups is 1. The summed E-state index contributed by atoms with van der Waals surface area (Å²) in [6.07, 6.45) is -0.569. The fourth-order valence-corrected chi connectivity index (χ4v) is 7.46. The molecular weight excluding hydrogens is 452 g/mol. The van der Waals surface area contributed by atoms with Gasteiger partial charge in [0.25, 0.3) is 0 Å². The predicted octanol–water partition coefficient (Wildman–Crippen LogP) is 2.27. The number of nitrogens with one attached hydrogen (secondary N) is 1. The molecule has 2 aliphatic rings. The minimum Gasteiger partial charge on any atom is -0.444 e. The maximum Gasteiger partial charge on any atom is 0.407 e. The van der Waals surface area contributed by atoms with Gasteiger partial charge in [0.15, 0.2) is 15.0 Å². The molecule has 3 rings (SSSR count). The highest BCUT2D eigenvalue weighted by atomic mass is 32.2. The largest absolute Gasteiger partial charge is 0.444 e. The Hall–Kier alpha value is -2.27. The van der Waals surface area contributed by atoms with Gasteiger partial charge in [0.2, 0.25) is 5.91 Å². The van der Waals surface area contributed by atoms with Crippen LogP contribution in [-0.4, -0.2) is 74.6 Å². The average molecular weight is 483 g/mol. The molecule has 9 nitrogen and oxygen atoms in total. The molecule has 11 heteroatoms. The monoisotopic (exact) mass is 482 g/mol. The summed E-state index contributed by atoms with van der Waals surface area (Å²) >= 11 is 1.33. The molecule has 0 aromatic heterocycles. The number of hydrogen-bond donors (Lipinski definition) is 1. The van der Waals surface area contributed by atoms with Crippen molar-refractivity contribution in [3.05, 3.63) is 24.3 Å². The first-order chi connectivity index (χ1) is 14.8. The molecule has 0 saturated carbocycles. The second kappa shape index (κ2) is 9.30. The van der Waals surface area contributed by atoms with E-state index >= 15 is 0 Å². The summed E-state index contributed by atoms with van der Waals surface area (Å²) in [5, 5.41) is 2.88. The van der Waals surface area contributed by atoms with Crippen LogP contribution in [0.4, 0.5) is 16.2 Å². The number of ether oxygens (including phenoxy) is 1. The number of benzene rings is 1. The van der Waals surface area contributed by atoms with Crippen molar-refractivity contribution in [3.63, 3.8) is 0 Å². The lowest BCUT2D eigenvalue weighted by molar-refractivity contribution is -0.117. The molecule has 1 N–H and O–H groups in total. The first-order valence-corrected chi connectivity index (χ1v) is 13.1. The smallest absolute Gasteiger partial charge is 0.407 e. The molecule has 2 fully saturated rings. The fourth-order valence-electron chi connectivity index (χ4n) is 3.53. The van der Waals surface area contributed by atoms with Crippen LogP contribution < -0.4 is 15.1 Å². The lowest BCUT2D eigenvalue weighted by Gasteiger charge is -2.25. The number of rotatable bonds is 5. The van der Waals surface area contributed by atoms with E-state index in [2.05, 4.69) is 10.3 Å². The van der Waals surface area contributed by atoms with Gasteiger partial charge in [0.05, 0.1) is 17.5 Å². The number of aliphatic imine (C=N–C) groups is 1. The number of amidine groups is 1. The van der Waals surface area contributed by atoms with Crippen molar-refractivity contribution < 1.29 is 22.7 Å². The minimum atomic E-state index is -3.13. The van der Waals surface area contributed by atoms with E-state index in [-0.39, 0.29) is 41.7 Å². The Kier molecular flexibility index (Phi) is 7.09. The van der Waals surface area contributed by atoms with Gasteiger partial charge < -0.3 is 19.9 Å². The molecule has 2 amide bonds. The molecule has 0 unspecified atom stereocenters. The zero-order chi connectivity index (χ0) is 23.7. The van der Waals surface area contributed by atoms with Crippen LogP contribution in [0.25, 0.3) is 0 Å². The number of sulfone groups is 1. The highest BCUT2D eigenvalue weighted by molar-refractivity contribution is 8.16. The van der Waals surface area contributed by atoms with Crippen molar-refractivity contribution in [2.24, 2.45) is 4.99 Å². The highest BCUT2D eigenvalue weighted by Crippen LogP contribution is 2.41. The van der Waals surface area contributed by atoms with Gasteiger partial charge in [-0.3, -0.25) is 4.79 Å². The number of anilines is 2. The normalized spacial score (nSPS) is 23.2. The van der Waals surface area contributed by atoms with Crippen LogP contribution in [0, 0.1) is 0 Å². The first kappa shape index (κ1) is 24.4. The third kappa shape index (κ3) is 6.16. The maximum atomic E-state index is 12.5. The topological polar surface area (TPSA) is 108 Å². The Bertz CT molecular complexity index is 1000. The summed E-state index contributed by atoms with van der Waals surface area (Å²) < 4.78 is 29.5. The SMILES string of the molecule is CN(C)c1ccc(N2C(=NC(=O)CCNC(=O)OC(C)(C)C)S[C@H]3CS(=O)(=O)C[C@@H]32)cc1. The van der Waals surface area contributed by atoms with E-state index in [4.69, 9.17) is 4.74 Å². The Morgan fingerprint density at radius 3 is 2.47 bits per heavy atom. The lowest BCUT2D eigenvalue weighted by atomic mass is 10.2. The third-order valence-electron chi connectivity index (χ3n) is 4.94. The molecule has 2 saturated heterocycles. The number of amides is 2. The quantitative estimate of drug-likeness (QED) is 0.681. The van der Waals surface area contributed by atoms with Crippen molar-refractivity contribution in [1.82, 2.24) is 5.32 Å². The molecule has 0 radical (unpaired) electrons. The van der Waals surface area contributed by atoms with E-state index in [9.17, 15) is 18.0 Å². The number of carbonyl (C=O) groups is 2. The summed E-state index contributed by atoms with van der Waals surface area (Å²) in [4.78, 5) is 32.3. The van der Waals surface area contributed by atoms with Crippen LogP contribution in [0.2, 0.25) is 0 Å². The number of hydrogen-bond acceptors (Lipinski definition) is 7. The number of carbonyl (C=O) groups excluding carboxylic acids is 2. The van der Waals surface area contributed by atoms with Crippen LogP contribution >= 0.6 is 11.8 Å². The lowest BCUT2D eigenvalue weighted by Crippen LogP contribution is -2.38. The van der Waals surface area contributed by atoms with Crippen molar-refractivity contribution >= 4 is 50.1 Å². The van der Waals surface area contributed by atoms with Crippen LogP contribution in [-0.2, 0) is 19.4 Å². The molecule has 1 aromatic rings. The molecular formula is C21H30N4O5S2. The van der Waals surface area contributed by atoms with E-state index in [0.29, 0.717) is 5.17 Å². The highest BCUT2D eigenvalue weighted by Gasteiger charge is 2.49. The van der Waals surface area contributed by atoms with Gasteiger partial charge in [-0.25, -0.2) is 13.2 Å². The molecule has 0 aliphatic carbocycles. The first-order valence-electron chi connectivity index (χ1n) is 10.4. The molecule has 2 heterocycles. The van der Waals surface area contributed by atoms with Gasteiger partial charge in [-0.05, 0) is 45.0 Å².